The van der Waals surface area contributed by atoms with Crippen LogP contribution in [0.15, 0.2) is 109 Å². The van der Waals surface area contributed by atoms with Crippen LogP contribution in [0, 0.1) is 0 Å². The quantitative estimate of drug-likeness (QED) is 0.0261. The molecule has 0 rings (SSSR count). The van der Waals surface area contributed by atoms with Crippen LogP contribution in [0.5, 0.6) is 0 Å². The summed E-state index contributed by atoms with van der Waals surface area (Å²) in [5, 5.41) is 0. The highest BCUT2D eigenvalue weighted by Gasteiger charge is 2.19. The number of rotatable bonds is 62. The number of unbranched alkanes of at least 4 members (excludes halogenated alkanes) is 33. The number of carbonyl (C=O) groups is 3. The van der Waals surface area contributed by atoms with Crippen LogP contribution in [-0.2, 0) is 28.6 Å². The predicted molar refractivity (Wildman–Crippen MR) is 353 cm³/mol. The zero-order valence-electron chi connectivity index (χ0n) is 53.3. The molecule has 0 heterocycles. The summed E-state index contributed by atoms with van der Waals surface area (Å²) in [4.78, 5) is 38.4. The van der Waals surface area contributed by atoms with Crippen LogP contribution in [0.1, 0.15) is 329 Å². The summed E-state index contributed by atoms with van der Waals surface area (Å²) in [6, 6.07) is 0. The van der Waals surface area contributed by atoms with Gasteiger partial charge in [0.1, 0.15) is 13.2 Å². The van der Waals surface area contributed by atoms with Gasteiger partial charge in [-0.3, -0.25) is 14.4 Å². The third kappa shape index (κ3) is 66.8. The monoisotopic (exact) mass is 1120 g/mol. The van der Waals surface area contributed by atoms with E-state index in [1.165, 1.54) is 173 Å². The van der Waals surface area contributed by atoms with Gasteiger partial charge in [0.05, 0.1) is 0 Å². The summed E-state index contributed by atoms with van der Waals surface area (Å²) in [6.07, 6.45) is 93.9. The Balaban J connectivity index is 4.31. The molecular formula is C75H128O6. The van der Waals surface area contributed by atoms with Crippen LogP contribution >= 0.6 is 0 Å². The topological polar surface area (TPSA) is 78.9 Å². The molecule has 6 nitrogen and oxygen atoms in total. The van der Waals surface area contributed by atoms with Crippen LogP contribution in [-0.4, -0.2) is 37.2 Å². The van der Waals surface area contributed by atoms with Crippen LogP contribution in [0.4, 0.5) is 0 Å². The minimum Gasteiger partial charge on any atom is -0.462 e. The molecule has 0 aliphatic heterocycles. The Morgan fingerprint density at radius 3 is 0.765 bits per heavy atom. The van der Waals surface area contributed by atoms with Crippen molar-refractivity contribution in [2.24, 2.45) is 0 Å². The van der Waals surface area contributed by atoms with Gasteiger partial charge in [0.2, 0.25) is 0 Å². The minimum atomic E-state index is -0.788. The van der Waals surface area contributed by atoms with E-state index in [2.05, 4.69) is 130 Å². The number of hydrogen-bond donors (Lipinski definition) is 0. The van der Waals surface area contributed by atoms with Crippen molar-refractivity contribution in [3.05, 3.63) is 109 Å². The van der Waals surface area contributed by atoms with Crippen molar-refractivity contribution < 1.29 is 28.6 Å². The van der Waals surface area contributed by atoms with Crippen molar-refractivity contribution in [3.8, 4) is 0 Å². The van der Waals surface area contributed by atoms with E-state index in [0.717, 1.165) is 116 Å². The second kappa shape index (κ2) is 68.6. The molecule has 0 aromatic heterocycles. The second-order valence-electron chi connectivity index (χ2n) is 22.7. The summed E-state index contributed by atoms with van der Waals surface area (Å²) in [6.45, 7) is 6.53. The molecule has 6 heteroatoms. The summed E-state index contributed by atoms with van der Waals surface area (Å²) in [5.41, 5.74) is 0. The predicted octanol–water partition coefficient (Wildman–Crippen LogP) is 23.8. The molecule has 0 N–H and O–H groups in total. The fourth-order valence-corrected chi connectivity index (χ4v) is 9.59. The lowest BCUT2D eigenvalue weighted by Gasteiger charge is -2.18. The molecule has 1 atom stereocenters. The van der Waals surface area contributed by atoms with E-state index in [-0.39, 0.29) is 31.1 Å². The fourth-order valence-electron chi connectivity index (χ4n) is 9.59. The average Bonchev–Trinajstić information content (AvgIpc) is 3.47. The SMILES string of the molecule is CC/C=C\C/C=C\C/C=C\C/C=C\C/C=C\C/C=C\C/C=C\CCCCCCCCCCCC(=O)OCC(COC(=O)CCCCCCC/C=C\CCCCCCCC)OC(=O)CCCCCCCCC/C=C\CCCCCCCC. The Hall–Kier alpha value is -3.93. The first-order valence-electron chi connectivity index (χ1n) is 34.4. The third-order valence-corrected chi connectivity index (χ3v) is 14.7. The van der Waals surface area contributed by atoms with Gasteiger partial charge in [-0.05, 0) is 128 Å². The van der Waals surface area contributed by atoms with Crippen molar-refractivity contribution in [3.63, 3.8) is 0 Å². The molecule has 81 heavy (non-hydrogen) atoms. The van der Waals surface area contributed by atoms with Crippen LogP contribution < -0.4 is 0 Å². The van der Waals surface area contributed by atoms with Gasteiger partial charge in [-0.2, -0.15) is 0 Å². The number of ether oxygens (including phenoxy) is 3. The Morgan fingerprint density at radius 2 is 0.481 bits per heavy atom. The molecule has 0 aromatic rings. The van der Waals surface area contributed by atoms with Crippen LogP contribution in [0.25, 0.3) is 0 Å². The Kier molecular flexibility index (Phi) is 65.2. The second-order valence-corrected chi connectivity index (χ2v) is 22.7. The maximum atomic E-state index is 12.9. The van der Waals surface area contributed by atoms with E-state index in [9.17, 15) is 14.4 Å². The molecule has 0 amide bonds. The highest BCUT2D eigenvalue weighted by molar-refractivity contribution is 5.71. The Bertz CT molecular complexity index is 1620. The van der Waals surface area contributed by atoms with Gasteiger partial charge >= 0.3 is 17.9 Å². The number of hydrogen-bond acceptors (Lipinski definition) is 6. The zero-order valence-corrected chi connectivity index (χ0v) is 53.3. The van der Waals surface area contributed by atoms with Crippen molar-refractivity contribution in [1.82, 2.24) is 0 Å². The first-order chi connectivity index (χ1) is 40.0. The lowest BCUT2D eigenvalue weighted by molar-refractivity contribution is -0.167. The zero-order chi connectivity index (χ0) is 58.5. The van der Waals surface area contributed by atoms with Gasteiger partial charge in [0, 0.05) is 19.3 Å². The van der Waals surface area contributed by atoms with E-state index in [1.54, 1.807) is 0 Å². The Morgan fingerprint density at radius 1 is 0.259 bits per heavy atom. The molecule has 0 saturated heterocycles. The van der Waals surface area contributed by atoms with Crippen LogP contribution in [0.3, 0.4) is 0 Å². The van der Waals surface area contributed by atoms with E-state index in [0.29, 0.717) is 19.3 Å². The molecule has 0 aromatic carbocycles. The number of carbonyl (C=O) groups excluding carboxylic acids is 3. The lowest BCUT2D eigenvalue weighted by atomic mass is 10.1. The standard InChI is InChI=1S/C75H128O6/c1-4-7-10-13-16-19-22-25-28-30-31-32-33-34-35-36-37-38-39-40-41-42-43-45-47-50-53-56-59-62-65-68-74(77)80-71-72(70-79-73(76)67-64-61-58-55-52-49-46-27-24-21-18-15-12-9-6-3)81-75(78)69-66-63-60-57-54-51-48-44-29-26-23-20-17-14-11-8-5-2/h7,10,16,19,25-29,31-32,34-35,37-38,40-41,46,72H,4-6,8-9,11-15,17-18,20-24,30,33,36,39,42-45,47-71H2,1-3H3/b10-7-,19-16-,28-25-,29-26-,32-31-,35-34-,38-37-,41-40-,46-27-. The van der Waals surface area contributed by atoms with E-state index >= 15 is 0 Å². The molecule has 464 valence electrons. The van der Waals surface area contributed by atoms with Gasteiger partial charge in [0.15, 0.2) is 6.10 Å². The van der Waals surface area contributed by atoms with Crippen LogP contribution in [0.2, 0.25) is 0 Å². The summed E-state index contributed by atoms with van der Waals surface area (Å²) < 4.78 is 17.0. The molecular weight excluding hydrogens is 997 g/mol. The first-order valence-corrected chi connectivity index (χ1v) is 34.4. The molecule has 0 radical (unpaired) electrons. The number of allylic oxidation sites excluding steroid dienone is 18. The first kappa shape index (κ1) is 77.1. The maximum absolute atomic E-state index is 12.9. The summed E-state index contributed by atoms with van der Waals surface area (Å²) >= 11 is 0. The fraction of sp³-hybridized carbons (Fsp3) is 0.720. The molecule has 0 aliphatic carbocycles. The van der Waals surface area contributed by atoms with Gasteiger partial charge in [-0.1, -0.05) is 291 Å². The highest BCUT2D eigenvalue weighted by atomic mass is 16.6. The van der Waals surface area contributed by atoms with E-state index in [1.807, 2.05) is 0 Å². The summed E-state index contributed by atoms with van der Waals surface area (Å²) in [5.74, 6) is -0.891. The van der Waals surface area contributed by atoms with Gasteiger partial charge in [-0.25, -0.2) is 0 Å². The van der Waals surface area contributed by atoms with E-state index < -0.39 is 6.10 Å². The van der Waals surface area contributed by atoms with Crippen molar-refractivity contribution >= 4 is 17.9 Å². The number of esters is 3. The van der Waals surface area contributed by atoms with Gasteiger partial charge < -0.3 is 14.2 Å². The van der Waals surface area contributed by atoms with Gasteiger partial charge in [-0.15, -0.1) is 0 Å². The van der Waals surface area contributed by atoms with Gasteiger partial charge in [0.25, 0.3) is 0 Å². The molecule has 1 unspecified atom stereocenters. The highest BCUT2D eigenvalue weighted by Crippen LogP contribution is 2.16. The summed E-state index contributed by atoms with van der Waals surface area (Å²) in [7, 11) is 0. The van der Waals surface area contributed by atoms with Crippen molar-refractivity contribution in [2.75, 3.05) is 13.2 Å². The largest absolute Gasteiger partial charge is 0.462 e. The normalized spacial score (nSPS) is 12.8. The third-order valence-electron chi connectivity index (χ3n) is 14.7. The van der Waals surface area contributed by atoms with Crippen molar-refractivity contribution in [2.45, 2.75) is 335 Å². The van der Waals surface area contributed by atoms with Crippen molar-refractivity contribution in [1.29, 1.82) is 0 Å². The molecule has 0 spiro atoms. The molecule has 0 aliphatic rings. The minimum absolute atomic E-state index is 0.0844. The van der Waals surface area contributed by atoms with E-state index in [4.69, 9.17) is 14.2 Å². The Labute approximate surface area is 501 Å². The lowest BCUT2D eigenvalue weighted by Crippen LogP contribution is -2.30. The molecule has 0 fully saturated rings. The molecule has 0 saturated carbocycles. The molecule has 0 bridgehead atoms. The smallest absolute Gasteiger partial charge is 0.306 e. The average molecular weight is 1130 g/mol. The maximum Gasteiger partial charge on any atom is 0.306 e.